The average Bonchev–Trinajstić information content (AvgIpc) is 2.73. The minimum absolute atomic E-state index is 0.334. The molecule has 2 aliphatic rings. The second kappa shape index (κ2) is 12.4. The molecule has 0 bridgehead atoms. The molecule has 2 N–H and O–H groups in total. The van der Waals surface area contributed by atoms with Gasteiger partial charge in [0.2, 0.25) is 0 Å². The highest BCUT2D eigenvalue weighted by Crippen LogP contribution is 2.20. The molecule has 0 saturated carbocycles. The van der Waals surface area contributed by atoms with E-state index in [9.17, 15) is 0 Å². The lowest BCUT2D eigenvalue weighted by atomic mass is 9.97. The van der Waals surface area contributed by atoms with E-state index in [1.807, 2.05) is 0 Å². The predicted octanol–water partition coefficient (Wildman–Crippen LogP) is 3.09. The van der Waals surface area contributed by atoms with Gasteiger partial charge in [0.1, 0.15) is 0 Å². The Hall–Kier alpha value is -1.63. The first-order valence-corrected chi connectivity index (χ1v) is 12.2. The highest BCUT2D eigenvalue weighted by atomic mass is 16.5. The maximum absolute atomic E-state index is 5.83. The summed E-state index contributed by atoms with van der Waals surface area (Å²) in [5.41, 5.74) is 1.40. The van der Waals surface area contributed by atoms with E-state index in [0.29, 0.717) is 24.3 Å². The Balaban J connectivity index is 1.42. The first-order chi connectivity index (χ1) is 15.0. The Morgan fingerprint density at radius 3 is 2.55 bits per heavy atom. The van der Waals surface area contributed by atoms with Crippen LogP contribution in [0.1, 0.15) is 52.5 Å². The molecule has 3 rings (SSSR count). The summed E-state index contributed by atoms with van der Waals surface area (Å²) < 4.78 is 5.83. The number of morpholine rings is 1. The molecule has 6 nitrogen and oxygen atoms in total. The van der Waals surface area contributed by atoms with Gasteiger partial charge in [-0.15, -0.1) is 0 Å². The summed E-state index contributed by atoms with van der Waals surface area (Å²) in [6, 6.07) is 11.9. The van der Waals surface area contributed by atoms with E-state index >= 15 is 0 Å². The van der Waals surface area contributed by atoms with Crippen molar-refractivity contribution in [2.45, 2.75) is 77.8 Å². The normalized spacial score (nSPS) is 28.5. The topological polar surface area (TPSA) is 52.1 Å². The third-order valence-corrected chi connectivity index (χ3v) is 6.32. The average molecular weight is 430 g/mol. The van der Waals surface area contributed by atoms with Crippen molar-refractivity contribution in [2.75, 3.05) is 39.3 Å². The van der Waals surface area contributed by atoms with Gasteiger partial charge in [-0.3, -0.25) is 14.8 Å². The third kappa shape index (κ3) is 8.09. The summed E-state index contributed by atoms with van der Waals surface area (Å²) in [5, 5.41) is 7.14. The van der Waals surface area contributed by atoms with Crippen molar-refractivity contribution >= 4 is 5.96 Å². The molecular formula is C25H43N5O. The van der Waals surface area contributed by atoms with E-state index in [0.717, 1.165) is 71.0 Å². The van der Waals surface area contributed by atoms with Gasteiger partial charge in [-0.2, -0.15) is 0 Å². The monoisotopic (exact) mass is 429 g/mol. The third-order valence-electron chi connectivity index (χ3n) is 6.32. The van der Waals surface area contributed by atoms with E-state index in [-0.39, 0.29) is 0 Å². The van der Waals surface area contributed by atoms with Gasteiger partial charge in [0, 0.05) is 57.9 Å². The van der Waals surface area contributed by atoms with Crippen molar-refractivity contribution in [3.05, 3.63) is 35.9 Å². The van der Waals surface area contributed by atoms with E-state index in [1.54, 1.807) is 0 Å². The molecule has 4 unspecified atom stereocenters. The smallest absolute Gasteiger partial charge is 0.191 e. The van der Waals surface area contributed by atoms with Gasteiger partial charge < -0.3 is 15.4 Å². The SMILES string of the molecule is CCNC(=NCCCN1CC(C)OC(C)C1)NC1CCN(Cc2ccccc2)C(C)C1. The van der Waals surface area contributed by atoms with Crippen molar-refractivity contribution in [3.63, 3.8) is 0 Å². The van der Waals surface area contributed by atoms with Gasteiger partial charge in [0.05, 0.1) is 12.2 Å². The molecule has 4 atom stereocenters. The quantitative estimate of drug-likeness (QED) is 0.378. The minimum atomic E-state index is 0.334. The fraction of sp³-hybridized carbons (Fsp3) is 0.720. The second-order valence-electron chi connectivity index (χ2n) is 9.30. The lowest BCUT2D eigenvalue weighted by molar-refractivity contribution is -0.0679. The number of likely N-dealkylation sites (tertiary alicyclic amines) is 1. The van der Waals surface area contributed by atoms with Gasteiger partial charge in [-0.25, -0.2) is 0 Å². The summed E-state index contributed by atoms with van der Waals surface area (Å²) in [7, 11) is 0. The van der Waals surface area contributed by atoms with Crippen LogP contribution in [0, 0.1) is 0 Å². The number of hydrogen-bond donors (Lipinski definition) is 2. The molecule has 2 saturated heterocycles. The fourth-order valence-electron chi connectivity index (χ4n) is 4.87. The number of nitrogens with one attached hydrogen (secondary N) is 2. The number of rotatable bonds is 8. The number of ether oxygens (including phenoxy) is 1. The predicted molar refractivity (Wildman–Crippen MR) is 130 cm³/mol. The largest absolute Gasteiger partial charge is 0.373 e. The number of nitrogens with zero attached hydrogens (tertiary/aromatic N) is 3. The molecule has 1 aromatic rings. The Morgan fingerprint density at radius 1 is 1.13 bits per heavy atom. The van der Waals surface area contributed by atoms with Crippen LogP contribution >= 0.6 is 0 Å². The second-order valence-corrected chi connectivity index (χ2v) is 9.30. The Labute approximate surface area is 189 Å². The highest BCUT2D eigenvalue weighted by Gasteiger charge is 2.26. The first kappa shape index (κ1) is 24.0. The summed E-state index contributed by atoms with van der Waals surface area (Å²) >= 11 is 0. The van der Waals surface area contributed by atoms with E-state index in [4.69, 9.17) is 9.73 Å². The van der Waals surface area contributed by atoms with Crippen LogP contribution in [-0.2, 0) is 11.3 Å². The van der Waals surface area contributed by atoms with Crippen molar-refractivity contribution in [1.82, 2.24) is 20.4 Å². The molecule has 174 valence electrons. The van der Waals surface area contributed by atoms with Crippen LogP contribution in [0.4, 0.5) is 0 Å². The van der Waals surface area contributed by atoms with Crippen LogP contribution in [0.5, 0.6) is 0 Å². The lowest BCUT2D eigenvalue weighted by Crippen LogP contribution is -2.51. The van der Waals surface area contributed by atoms with Gasteiger partial charge in [0.15, 0.2) is 5.96 Å². The molecule has 0 aliphatic carbocycles. The summed E-state index contributed by atoms with van der Waals surface area (Å²) in [6.07, 6.45) is 4.07. The zero-order chi connectivity index (χ0) is 22.1. The number of benzene rings is 1. The molecule has 2 heterocycles. The summed E-state index contributed by atoms with van der Waals surface area (Å²) in [5.74, 6) is 0.972. The van der Waals surface area contributed by atoms with Gasteiger partial charge >= 0.3 is 0 Å². The number of hydrogen-bond acceptors (Lipinski definition) is 4. The van der Waals surface area contributed by atoms with E-state index in [1.165, 1.54) is 5.56 Å². The number of aliphatic imine (C=N–C) groups is 1. The summed E-state index contributed by atoms with van der Waals surface area (Å²) in [6.45, 7) is 15.9. The van der Waals surface area contributed by atoms with Crippen molar-refractivity contribution < 1.29 is 4.74 Å². The van der Waals surface area contributed by atoms with Crippen molar-refractivity contribution in [1.29, 1.82) is 0 Å². The summed E-state index contributed by atoms with van der Waals surface area (Å²) in [4.78, 5) is 9.98. The molecule has 31 heavy (non-hydrogen) atoms. The zero-order valence-corrected chi connectivity index (χ0v) is 20.0. The maximum atomic E-state index is 5.83. The molecule has 6 heteroatoms. The standard InChI is InChI=1S/C25H43N5O/c1-5-26-25(27-13-9-14-29-17-21(3)31-22(4)18-29)28-24-12-15-30(20(2)16-24)19-23-10-7-6-8-11-23/h6-8,10-11,20-22,24H,5,9,12-19H2,1-4H3,(H2,26,27,28). The zero-order valence-electron chi connectivity index (χ0n) is 20.0. The van der Waals surface area contributed by atoms with Crippen LogP contribution in [-0.4, -0.2) is 79.3 Å². The molecule has 0 radical (unpaired) electrons. The number of guanidine groups is 1. The minimum Gasteiger partial charge on any atom is -0.373 e. The molecule has 0 spiro atoms. The fourth-order valence-corrected chi connectivity index (χ4v) is 4.87. The van der Waals surface area contributed by atoms with Crippen LogP contribution in [0.25, 0.3) is 0 Å². The molecular weight excluding hydrogens is 386 g/mol. The van der Waals surface area contributed by atoms with E-state index < -0.39 is 0 Å². The van der Waals surface area contributed by atoms with Crippen LogP contribution in [0.15, 0.2) is 35.3 Å². The van der Waals surface area contributed by atoms with Gasteiger partial charge in [-0.1, -0.05) is 30.3 Å². The first-order valence-electron chi connectivity index (χ1n) is 12.2. The molecule has 0 amide bonds. The van der Waals surface area contributed by atoms with Crippen molar-refractivity contribution in [3.8, 4) is 0 Å². The molecule has 1 aromatic carbocycles. The Kier molecular flexibility index (Phi) is 9.62. The Morgan fingerprint density at radius 2 is 1.87 bits per heavy atom. The van der Waals surface area contributed by atoms with Gasteiger partial charge in [0.25, 0.3) is 0 Å². The van der Waals surface area contributed by atoms with Crippen LogP contribution in [0.3, 0.4) is 0 Å². The maximum Gasteiger partial charge on any atom is 0.191 e. The molecule has 0 aromatic heterocycles. The molecule has 2 fully saturated rings. The van der Waals surface area contributed by atoms with Crippen LogP contribution in [0.2, 0.25) is 0 Å². The van der Waals surface area contributed by atoms with Crippen LogP contribution < -0.4 is 10.6 Å². The molecule has 2 aliphatic heterocycles. The Bertz CT molecular complexity index is 657. The van der Waals surface area contributed by atoms with E-state index in [2.05, 4.69) is 78.5 Å². The van der Waals surface area contributed by atoms with Gasteiger partial charge in [-0.05, 0) is 52.5 Å². The highest BCUT2D eigenvalue weighted by molar-refractivity contribution is 5.80. The van der Waals surface area contributed by atoms with Crippen molar-refractivity contribution in [2.24, 2.45) is 4.99 Å². The number of piperidine rings is 1. The lowest BCUT2D eigenvalue weighted by Gasteiger charge is -2.38.